The predicted molar refractivity (Wildman–Crippen MR) is 81.2 cm³/mol. The summed E-state index contributed by atoms with van der Waals surface area (Å²) in [6.45, 7) is 3.60. The Kier molecular flexibility index (Phi) is 3.31. The molecule has 1 saturated carbocycles. The second-order valence-electron chi connectivity index (χ2n) is 6.46. The van der Waals surface area contributed by atoms with Crippen LogP contribution in [-0.2, 0) is 18.3 Å². The molecule has 0 unspecified atom stereocenters. The summed E-state index contributed by atoms with van der Waals surface area (Å²) >= 11 is 0. The van der Waals surface area contributed by atoms with Crippen molar-refractivity contribution in [3.8, 4) is 11.3 Å². The minimum atomic E-state index is 0.150. The lowest BCUT2D eigenvalue weighted by Gasteiger charge is -2.28. The Morgan fingerprint density at radius 2 is 2.36 bits per heavy atom. The molecule has 0 bridgehead atoms. The third kappa shape index (κ3) is 2.18. The molecule has 0 spiro atoms. The van der Waals surface area contributed by atoms with Crippen LogP contribution in [0.2, 0.25) is 0 Å². The zero-order chi connectivity index (χ0) is 15.2. The van der Waals surface area contributed by atoms with Crippen molar-refractivity contribution in [3.05, 3.63) is 23.7 Å². The molecular formula is C16H22N4O2. The lowest BCUT2D eigenvalue weighted by atomic mass is 9.93. The van der Waals surface area contributed by atoms with E-state index in [2.05, 4.69) is 15.6 Å². The van der Waals surface area contributed by atoms with Crippen molar-refractivity contribution in [2.24, 2.45) is 7.05 Å². The van der Waals surface area contributed by atoms with Crippen LogP contribution in [0.3, 0.4) is 0 Å². The van der Waals surface area contributed by atoms with Crippen molar-refractivity contribution < 1.29 is 9.26 Å². The molecule has 1 saturated heterocycles. The van der Waals surface area contributed by atoms with Crippen molar-refractivity contribution in [1.82, 2.24) is 20.3 Å². The van der Waals surface area contributed by atoms with Crippen LogP contribution < -0.4 is 5.32 Å². The second-order valence-corrected chi connectivity index (χ2v) is 6.46. The predicted octanol–water partition coefficient (Wildman–Crippen LogP) is 2.18. The second kappa shape index (κ2) is 5.21. The smallest absolute Gasteiger partial charge is 0.151 e. The van der Waals surface area contributed by atoms with Gasteiger partial charge in [0.1, 0.15) is 5.69 Å². The van der Waals surface area contributed by atoms with Gasteiger partial charge in [-0.2, -0.15) is 5.10 Å². The van der Waals surface area contributed by atoms with Gasteiger partial charge in [-0.15, -0.1) is 0 Å². The SMILES string of the molecule is Cc1c(-c2cc(CN[C@]34CCC[C@H]3OCC4)on2)cnn1C. The van der Waals surface area contributed by atoms with Crippen LogP contribution in [0, 0.1) is 6.92 Å². The summed E-state index contributed by atoms with van der Waals surface area (Å²) in [7, 11) is 1.93. The summed E-state index contributed by atoms with van der Waals surface area (Å²) < 4.78 is 13.2. The highest BCUT2D eigenvalue weighted by Gasteiger charge is 2.47. The fourth-order valence-corrected chi connectivity index (χ4v) is 3.78. The van der Waals surface area contributed by atoms with E-state index in [1.165, 1.54) is 19.3 Å². The van der Waals surface area contributed by atoms with Crippen molar-refractivity contribution >= 4 is 0 Å². The molecular weight excluding hydrogens is 280 g/mol. The summed E-state index contributed by atoms with van der Waals surface area (Å²) in [4.78, 5) is 0. The standard InChI is InChI=1S/C16H22N4O2/c1-11-13(10-18-20(11)2)14-8-12(22-19-14)9-17-16-5-3-4-15(16)21-7-6-16/h8,10,15,17H,3-7,9H2,1-2H3/t15-,16+/m1/s1. The summed E-state index contributed by atoms with van der Waals surface area (Å²) in [6, 6.07) is 2.01. The number of nitrogens with one attached hydrogen (secondary N) is 1. The first-order valence-electron chi connectivity index (χ1n) is 7.99. The van der Waals surface area contributed by atoms with Crippen molar-refractivity contribution in [2.45, 2.75) is 50.8 Å². The number of hydrogen-bond donors (Lipinski definition) is 1. The number of rotatable bonds is 4. The fourth-order valence-electron chi connectivity index (χ4n) is 3.78. The van der Waals surface area contributed by atoms with Gasteiger partial charge in [0.05, 0.1) is 18.8 Å². The van der Waals surface area contributed by atoms with Crippen molar-refractivity contribution in [2.75, 3.05) is 6.61 Å². The summed E-state index contributed by atoms with van der Waals surface area (Å²) in [5.41, 5.74) is 3.12. The summed E-state index contributed by atoms with van der Waals surface area (Å²) in [5.74, 6) is 0.866. The number of fused-ring (bicyclic) bond motifs is 1. The first-order chi connectivity index (χ1) is 10.7. The molecule has 2 aliphatic rings. The average molecular weight is 302 g/mol. The van der Waals surface area contributed by atoms with Crippen LogP contribution in [-0.4, -0.2) is 33.2 Å². The van der Waals surface area contributed by atoms with Gasteiger partial charge in [-0.1, -0.05) is 5.16 Å². The first kappa shape index (κ1) is 14.0. The monoisotopic (exact) mass is 302 g/mol. The molecule has 0 radical (unpaired) electrons. The molecule has 0 amide bonds. The molecule has 1 aliphatic heterocycles. The van der Waals surface area contributed by atoms with Gasteiger partial charge in [0.25, 0.3) is 0 Å². The van der Waals surface area contributed by atoms with Gasteiger partial charge in [-0.25, -0.2) is 0 Å². The zero-order valence-electron chi connectivity index (χ0n) is 13.1. The number of nitrogens with zero attached hydrogens (tertiary/aromatic N) is 3. The Bertz CT molecular complexity index is 665. The number of aryl methyl sites for hydroxylation is 1. The Morgan fingerprint density at radius 3 is 3.18 bits per heavy atom. The zero-order valence-corrected chi connectivity index (χ0v) is 13.1. The van der Waals surface area contributed by atoms with E-state index in [-0.39, 0.29) is 5.54 Å². The van der Waals surface area contributed by atoms with Gasteiger partial charge in [0.2, 0.25) is 0 Å². The molecule has 2 aromatic heterocycles. The summed E-state index contributed by atoms with van der Waals surface area (Å²) in [6.07, 6.45) is 6.91. The normalized spacial score (nSPS) is 27.5. The molecule has 2 aromatic rings. The van der Waals surface area contributed by atoms with Gasteiger partial charge in [0.15, 0.2) is 5.76 Å². The Balaban J connectivity index is 1.47. The fraction of sp³-hybridized carbons (Fsp3) is 0.625. The van der Waals surface area contributed by atoms with Crippen LogP contribution in [0.1, 0.15) is 37.1 Å². The first-order valence-corrected chi connectivity index (χ1v) is 7.99. The minimum absolute atomic E-state index is 0.150. The largest absolute Gasteiger partial charge is 0.376 e. The number of aromatic nitrogens is 3. The van der Waals surface area contributed by atoms with Gasteiger partial charge in [-0.3, -0.25) is 4.68 Å². The van der Waals surface area contributed by atoms with Crippen LogP contribution in [0.5, 0.6) is 0 Å². The maximum Gasteiger partial charge on any atom is 0.151 e. The Labute approximate surface area is 129 Å². The third-order valence-electron chi connectivity index (χ3n) is 5.26. The molecule has 1 N–H and O–H groups in total. The number of ether oxygens (including phenoxy) is 1. The van der Waals surface area contributed by atoms with E-state index in [4.69, 9.17) is 9.26 Å². The molecule has 6 nitrogen and oxygen atoms in total. The van der Waals surface area contributed by atoms with Crippen molar-refractivity contribution in [3.63, 3.8) is 0 Å². The van der Waals surface area contributed by atoms with Crippen LogP contribution in [0.25, 0.3) is 11.3 Å². The van der Waals surface area contributed by atoms with E-state index < -0.39 is 0 Å². The van der Waals surface area contributed by atoms with E-state index in [9.17, 15) is 0 Å². The molecule has 3 heterocycles. The lowest BCUT2D eigenvalue weighted by molar-refractivity contribution is 0.0839. The average Bonchev–Trinajstić information content (AvgIpc) is 3.23. The Morgan fingerprint density at radius 1 is 1.45 bits per heavy atom. The lowest BCUT2D eigenvalue weighted by Crippen LogP contribution is -2.47. The van der Waals surface area contributed by atoms with Crippen LogP contribution in [0.4, 0.5) is 0 Å². The quantitative estimate of drug-likeness (QED) is 0.938. The molecule has 6 heteroatoms. The van der Waals surface area contributed by atoms with Gasteiger partial charge >= 0.3 is 0 Å². The van der Waals surface area contributed by atoms with Crippen molar-refractivity contribution in [1.29, 1.82) is 0 Å². The molecule has 2 fully saturated rings. The topological polar surface area (TPSA) is 65.1 Å². The molecule has 2 atom stereocenters. The van der Waals surface area contributed by atoms with E-state index in [0.717, 1.165) is 35.7 Å². The summed E-state index contributed by atoms with van der Waals surface area (Å²) in [5, 5.41) is 12.1. The Hall–Kier alpha value is -1.66. The highest BCUT2D eigenvalue weighted by Crippen LogP contribution is 2.40. The van der Waals surface area contributed by atoms with E-state index in [1.54, 1.807) is 0 Å². The minimum Gasteiger partial charge on any atom is -0.376 e. The van der Waals surface area contributed by atoms with Crippen LogP contribution in [0.15, 0.2) is 16.8 Å². The maximum atomic E-state index is 5.84. The van der Waals surface area contributed by atoms with E-state index >= 15 is 0 Å². The molecule has 1 aliphatic carbocycles. The van der Waals surface area contributed by atoms with Gasteiger partial charge < -0.3 is 14.6 Å². The molecule has 118 valence electrons. The highest BCUT2D eigenvalue weighted by molar-refractivity contribution is 5.60. The maximum absolute atomic E-state index is 5.84. The third-order valence-corrected chi connectivity index (χ3v) is 5.26. The molecule has 0 aromatic carbocycles. The van der Waals surface area contributed by atoms with E-state index in [1.807, 2.05) is 30.9 Å². The molecule has 4 rings (SSSR count). The van der Waals surface area contributed by atoms with Crippen LogP contribution >= 0.6 is 0 Å². The van der Waals surface area contributed by atoms with Gasteiger partial charge in [-0.05, 0) is 32.6 Å². The molecule has 22 heavy (non-hydrogen) atoms. The van der Waals surface area contributed by atoms with E-state index in [0.29, 0.717) is 12.6 Å². The highest BCUT2D eigenvalue weighted by atomic mass is 16.5. The van der Waals surface area contributed by atoms with Gasteiger partial charge in [0, 0.05) is 36.5 Å². The number of hydrogen-bond acceptors (Lipinski definition) is 5.